The number of hydrogen-bond donors (Lipinski definition) is 2. The van der Waals surface area contributed by atoms with E-state index in [0.29, 0.717) is 30.4 Å². The van der Waals surface area contributed by atoms with Crippen molar-refractivity contribution in [2.24, 2.45) is 0 Å². The smallest absolute Gasteiger partial charge is 0.253 e. The third kappa shape index (κ3) is 6.74. The quantitative estimate of drug-likeness (QED) is 0.254. The van der Waals surface area contributed by atoms with Crippen LogP contribution in [0.3, 0.4) is 0 Å². The largest absolute Gasteiger partial charge is 0.375 e. The van der Waals surface area contributed by atoms with E-state index in [9.17, 15) is 9.59 Å². The zero-order valence-electron chi connectivity index (χ0n) is 24.5. The number of nitrogens with one attached hydrogen (secondary N) is 2. The zero-order chi connectivity index (χ0) is 28.9. The Balaban J connectivity index is 1.41. The van der Waals surface area contributed by atoms with Crippen molar-refractivity contribution < 1.29 is 9.53 Å². The molecule has 1 amide bonds. The molecule has 216 valence electrons. The lowest BCUT2D eigenvalue weighted by atomic mass is 10.00. The summed E-state index contributed by atoms with van der Waals surface area (Å²) in [4.78, 5) is 35.7. The number of benzene rings is 1. The second kappa shape index (κ2) is 12.8. The molecule has 0 atom stereocenters. The van der Waals surface area contributed by atoms with Crippen molar-refractivity contribution in [3.05, 3.63) is 81.2 Å². The number of aromatic amines is 1. The predicted molar refractivity (Wildman–Crippen MR) is 161 cm³/mol. The number of ether oxygens (including phenoxy) is 1. The third-order valence-electron chi connectivity index (χ3n) is 7.85. The van der Waals surface area contributed by atoms with E-state index in [1.807, 2.05) is 44.3 Å². The number of aryl methyl sites for hydroxylation is 2. The van der Waals surface area contributed by atoms with Gasteiger partial charge in [0.2, 0.25) is 0 Å². The van der Waals surface area contributed by atoms with Crippen LogP contribution >= 0.6 is 0 Å². The predicted octanol–water partition coefficient (Wildman–Crippen LogP) is 4.92. The van der Waals surface area contributed by atoms with Crippen molar-refractivity contribution in [3.8, 4) is 11.1 Å². The van der Waals surface area contributed by atoms with Crippen LogP contribution in [-0.4, -0.2) is 57.8 Å². The summed E-state index contributed by atoms with van der Waals surface area (Å²) < 4.78 is 7.88. The molecule has 0 bridgehead atoms. The number of nitrogens with zero attached hydrogens (tertiary/aromatic N) is 4. The maximum Gasteiger partial charge on any atom is 0.253 e. The number of amides is 1. The summed E-state index contributed by atoms with van der Waals surface area (Å²) in [6.45, 7) is 6.03. The molecule has 0 spiro atoms. The van der Waals surface area contributed by atoms with E-state index in [2.05, 4.69) is 45.0 Å². The van der Waals surface area contributed by atoms with Crippen LogP contribution < -0.4 is 10.9 Å². The van der Waals surface area contributed by atoms with E-state index in [1.165, 1.54) is 12.8 Å². The standard InChI is InChI=1S/C32H40N6O3/c1-21-14-22(2)36-32(40)28(21)18-34-31(39)27-15-24(16-30-29(27)19-35-38(30)26-8-5-6-9-26)23-10-11-25(33-17-23)20-41-13-7-12-37(3)4/h10-11,14-17,19,26H,5-9,12-13,18,20H2,1-4H3,(H,34,39)(H,36,40). The highest BCUT2D eigenvalue weighted by molar-refractivity contribution is 6.08. The van der Waals surface area contributed by atoms with Crippen molar-refractivity contribution in [2.45, 2.75) is 65.1 Å². The Kier molecular flexibility index (Phi) is 8.95. The highest BCUT2D eigenvalue weighted by Crippen LogP contribution is 2.34. The van der Waals surface area contributed by atoms with Gasteiger partial charge in [0, 0.05) is 41.6 Å². The number of carbonyl (C=O) groups is 1. The lowest BCUT2D eigenvalue weighted by molar-refractivity contribution is 0.0952. The Morgan fingerprint density at radius 2 is 1.93 bits per heavy atom. The van der Waals surface area contributed by atoms with Gasteiger partial charge in [-0.2, -0.15) is 5.10 Å². The zero-order valence-corrected chi connectivity index (χ0v) is 24.5. The van der Waals surface area contributed by atoms with Gasteiger partial charge < -0.3 is 19.9 Å². The van der Waals surface area contributed by atoms with Gasteiger partial charge >= 0.3 is 0 Å². The third-order valence-corrected chi connectivity index (χ3v) is 7.85. The molecule has 5 rings (SSSR count). The maximum absolute atomic E-state index is 13.6. The molecule has 0 radical (unpaired) electrons. The minimum Gasteiger partial charge on any atom is -0.375 e. The van der Waals surface area contributed by atoms with Gasteiger partial charge in [0.25, 0.3) is 11.5 Å². The Morgan fingerprint density at radius 1 is 1.12 bits per heavy atom. The molecule has 1 aliphatic rings. The van der Waals surface area contributed by atoms with Gasteiger partial charge in [0.15, 0.2) is 0 Å². The van der Waals surface area contributed by atoms with Crippen LogP contribution in [0, 0.1) is 13.8 Å². The minimum atomic E-state index is -0.238. The van der Waals surface area contributed by atoms with Crippen LogP contribution in [0.5, 0.6) is 0 Å². The molecule has 1 aromatic carbocycles. The van der Waals surface area contributed by atoms with Crippen LogP contribution in [0.2, 0.25) is 0 Å². The van der Waals surface area contributed by atoms with Crippen LogP contribution in [0.25, 0.3) is 22.0 Å². The summed E-state index contributed by atoms with van der Waals surface area (Å²) in [7, 11) is 4.11. The SMILES string of the molecule is Cc1cc(C)c(CNC(=O)c2cc(-c3ccc(COCCCN(C)C)nc3)cc3c2cnn3C2CCCC2)c(=O)[nH]1. The van der Waals surface area contributed by atoms with Crippen molar-refractivity contribution in [1.29, 1.82) is 0 Å². The summed E-state index contributed by atoms with van der Waals surface area (Å²) >= 11 is 0. The van der Waals surface area contributed by atoms with Gasteiger partial charge in [0.1, 0.15) is 0 Å². The van der Waals surface area contributed by atoms with Gasteiger partial charge in [-0.15, -0.1) is 0 Å². The fourth-order valence-electron chi connectivity index (χ4n) is 5.64. The first-order chi connectivity index (χ1) is 19.8. The first-order valence-electron chi connectivity index (χ1n) is 14.5. The maximum atomic E-state index is 13.6. The van der Waals surface area contributed by atoms with Gasteiger partial charge in [-0.25, -0.2) is 0 Å². The Labute approximate surface area is 240 Å². The van der Waals surface area contributed by atoms with Crippen LogP contribution in [0.4, 0.5) is 0 Å². The van der Waals surface area contributed by atoms with E-state index in [4.69, 9.17) is 9.84 Å². The second-order valence-corrected chi connectivity index (χ2v) is 11.4. The van der Waals surface area contributed by atoms with Crippen molar-refractivity contribution in [1.82, 2.24) is 30.0 Å². The summed E-state index contributed by atoms with van der Waals surface area (Å²) in [5, 5.41) is 8.52. The molecule has 41 heavy (non-hydrogen) atoms. The molecule has 3 aromatic heterocycles. The monoisotopic (exact) mass is 556 g/mol. The molecular formula is C32H40N6O3. The molecule has 9 nitrogen and oxygen atoms in total. The van der Waals surface area contributed by atoms with Gasteiger partial charge in [-0.05, 0) is 89.1 Å². The van der Waals surface area contributed by atoms with Gasteiger partial charge in [-0.3, -0.25) is 19.3 Å². The van der Waals surface area contributed by atoms with E-state index in [0.717, 1.165) is 64.8 Å². The van der Waals surface area contributed by atoms with Gasteiger partial charge in [-0.1, -0.05) is 18.9 Å². The van der Waals surface area contributed by atoms with Crippen molar-refractivity contribution in [3.63, 3.8) is 0 Å². The highest BCUT2D eigenvalue weighted by Gasteiger charge is 2.23. The molecular weight excluding hydrogens is 516 g/mol. The molecule has 0 unspecified atom stereocenters. The van der Waals surface area contributed by atoms with Crippen LogP contribution in [0.15, 0.2) is 47.5 Å². The van der Waals surface area contributed by atoms with E-state index >= 15 is 0 Å². The van der Waals surface area contributed by atoms with E-state index < -0.39 is 0 Å². The Morgan fingerprint density at radius 3 is 2.63 bits per heavy atom. The summed E-state index contributed by atoms with van der Waals surface area (Å²) in [5.41, 5.74) is 6.20. The Hall–Kier alpha value is -3.82. The molecule has 0 saturated heterocycles. The van der Waals surface area contributed by atoms with Crippen LogP contribution in [-0.2, 0) is 17.9 Å². The summed E-state index contributed by atoms with van der Waals surface area (Å²) in [6.07, 6.45) is 9.16. The van der Waals surface area contributed by atoms with E-state index in [-0.39, 0.29) is 18.0 Å². The number of hydrogen-bond acceptors (Lipinski definition) is 6. The number of H-pyrrole nitrogens is 1. The van der Waals surface area contributed by atoms with Crippen molar-refractivity contribution >= 4 is 16.8 Å². The number of aromatic nitrogens is 4. The topological polar surface area (TPSA) is 105 Å². The fourth-order valence-corrected chi connectivity index (χ4v) is 5.64. The first-order valence-corrected chi connectivity index (χ1v) is 14.5. The Bertz CT molecular complexity index is 1570. The molecule has 4 aromatic rings. The number of rotatable bonds is 11. The molecule has 0 aliphatic heterocycles. The molecule has 3 heterocycles. The van der Waals surface area contributed by atoms with E-state index in [1.54, 1.807) is 6.20 Å². The normalized spacial score (nSPS) is 13.9. The second-order valence-electron chi connectivity index (χ2n) is 11.4. The van der Waals surface area contributed by atoms with Crippen LogP contribution in [0.1, 0.15) is 71.0 Å². The fraction of sp³-hybridized carbons (Fsp3) is 0.438. The molecule has 1 saturated carbocycles. The molecule has 1 fully saturated rings. The molecule has 9 heteroatoms. The highest BCUT2D eigenvalue weighted by atomic mass is 16.5. The lowest BCUT2D eigenvalue weighted by Gasteiger charge is -2.14. The number of fused-ring (bicyclic) bond motifs is 1. The summed E-state index contributed by atoms with van der Waals surface area (Å²) in [6, 6.07) is 10.3. The molecule has 2 N–H and O–H groups in total. The number of pyridine rings is 2. The minimum absolute atomic E-state index is 0.146. The summed E-state index contributed by atoms with van der Waals surface area (Å²) in [5.74, 6) is -0.238. The van der Waals surface area contributed by atoms with Crippen molar-refractivity contribution in [2.75, 3.05) is 27.2 Å². The first kappa shape index (κ1) is 28.7. The number of carbonyl (C=O) groups excluding carboxylic acids is 1. The average molecular weight is 557 g/mol. The molecule has 1 aliphatic carbocycles. The lowest BCUT2D eigenvalue weighted by Crippen LogP contribution is -2.28. The average Bonchev–Trinajstić information content (AvgIpc) is 3.62. The van der Waals surface area contributed by atoms with Gasteiger partial charge in [0.05, 0.1) is 35.6 Å².